The van der Waals surface area contributed by atoms with Gasteiger partial charge in [0.1, 0.15) is 0 Å². The molecule has 3 rings (SSSR count). The highest BCUT2D eigenvalue weighted by molar-refractivity contribution is 7.19. The Morgan fingerprint density at radius 1 is 1.36 bits per heavy atom. The highest BCUT2D eigenvalue weighted by atomic mass is 32.1. The van der Waals surface area contributed by atoms with Crippen LogP contribution in [0, 0.1) is 6.92 Å². The summed E-state index contributed by atoms with van der Waals surface area (Å²) in [4.78, 5) is 1.50. The third-order valence-electron chi connectivity index (χ3n) is 2.86. The van der Waals surface area contributed by atoms with Crippen LogP contribution < -0.4 is 5.32 Å². The Labute approximate surface area is 87.8 Å². The van der Waals surface area contributed by atoms with Gasteiger partial charge < -0.3 is 5.32 Å². The van der Waals surface area contributed by atoms with Crippen LogP contribution in [-0.2, 0) is 0 Å². The van der Waals surface area contributed by atoms with E-state index in [2.05, 4.69) is 36.5 Å². The molecule has 1 nitrogen and oxygen atoms in total. The van der Waals surface area contributed by atoms with Gasteiger partial charge in [0, 0.05) is 15.6 Å². The number of benzene rings is 1. The van der Waals surface area contributed by atoms with E-state index in [1.807, 2.05) is 11.3 Å². The highest BCUT2D eigenvalue weighted by Gasteiger charge is 2.20. The van der Waals surface area contributed by atoms with Gasteiger partial charge in [0.25, 0.3) is 0 Å². The monoisotopic (exact) mass is 203 g/mol. The first-order valence-corrected chi connectivity index (χ1v) is 5.88. The van der Waals surface area contributed by atoms with Gasteiger partial charge in [-0.15, -0.1) is 11.3 Å². The van der Waals surface area contributed by atoms with Crippen LogP contribution in [0.25, 0.3) is 10.1 Å². The summed E-state index contributed by atoms with van der Waals surface area (Å²) in [5.74, 6) is 0. The predicted molar refractivity (Wildman–Crippen MR) is 61.9 cm³/mol. The summed E-state index contributed by atoms with van der Waals surface area (Å²) in [6.07, 6.45) is 1.30. The van der Waals surface area contributed by atoms with Gasteiger partial charge in [-0.2, -0.15) is 0 Å². The molecule has 1 aromatic carbocycles. The topological polar surface area (TPSA) is 12.0 Å². The molecule has 2 aromatic rings. The van der Waals surface area contributed by atoms with E-state index in [1.54, 1.807) is 0 Å². The molecule has 0 aliphatic carbocycles. The fourth-order valence-electron chi connectivity index (χ4n) is 1.89. The molecule has 1 fully saturated rings. The maximum absolute atomic E-state index is 3.45. The van der Waals surface area contributed by atoms with E-state index in [1.165, 1.54) is 33.5 Å². The Morgan fingerprint density at radius 2 is 2.21 bits per heavy atom. The molecule has 1 N–H and O–H groups in total. The van der Waals surface area contributed by atoms with Crippen LogP contribution in [0.2, 0.25) is 0 Å². The van der Waals surface area contributed by atoms with E-state index in [4.69, 9.17) is 0 Å². The largest absolute Gasteiger partial charge is 0.309 e. The van der Waals surface area contributed by atoms with Crippen molar-refractivity contribution in [2.75, 3.05) is 6.54 Å². The lowest BCUT2D eigenvalue weighted by Crippen LogP contribution is -2.34. The summed E-state index contributed by atoms with van der Waals surface area (Å²) in [5.41, 5.74) is 1.35. The lowest BCUT2D eigenvalue weighted by molar-refractivity contribution is 0.389. The molecule has 1 aliphatic heterocycles. The van der Waals surface area contributed by atoms with Crippen molar-refractivity contribution in [1.29, 1.82) is 0 Å². The van der Waals surface area contributed by atoms with Gasteiger partial charge in [-0.1, -0.05) is 17.7 Å². The van der Waals surface area contributed by atoms with Crippen LogP contribution in [0.4, 0.5) is 0 Å². The second-order valence-electron chi connectivity index (χ2n) is 3.99. The van der Waals surface area contributed by atoms with Crippen LogP contribution in [0.1, 0.15) is 22.9 Å². The number of nitrogens with one attached hydrogen (secondary N) is 1. The number of aryl methyl sites for hydroxylation is 1. The Kier molecular flexibility index (Phi) is 1.85. The molecule has 72 valence electrons. The van der Waals surface area contributed by atoms with Crippen molar-refractivity contribution in [3.8, 4) is 0 Å². The summed E-state index contributed by atoms with van der Waals surface area (Å²) in [7, 11) is 0. The molecule has 1 aliphatic rings. The van der Waals surface area contributed by atoms with Crippen molar-refractivity contribution in [2.45, 2.75) is 19.4 Å². The summed E-state index contributed by atoms with van der Waals surface area (Å²) in [5, 5.41) is 4.85. The highest BCUT2D eigenvalue weighted by Crippen LogP contribution is 2.34. The van der Waals surface area contributed by atoms with E-state index in [-0.39, 0.29) is 0 Å². The van der Waals surface area contributed by atoms with Gasteiger partial charge in [0.15, 0.2) is 0 Å². The lowest BCUT2D eigenvalue weighted by atomic mass is 10.1. The van der Waals surface area contributed by atoms with Gasteiger partial charge >= 0.3 is 0 Å². The quantitative estimate of drug-likeness (QED) is 0.750. The van der Waals surface area contributed by atoms with Crippen molar-refractivity contribution in [3.63, 3.8) is 0 Å². The zero-order valence-electron chi connectivity index (χ0n) is 8.21. The van der Waals surface area contributed by atoms with Gasteiger partial charge in [-0.3, -0.25) is 0 Å². The van der Waals surface area contributed by atoms with Crippen molar-refractivity contribution in [1.82, 2.24) is 5.32 Å². The lowest BCUT2D eigenvalue weighted by Gasteiger charge is -2.26. The van der Waals surface area contributed by atoms with E-state index in [0.717, 1.165) is 0 Å². The molecule has 14 heavy (non-hydrogen) atoms. The van der Waals surface area contributed by atoms with Crippen molar-refractivity contribution in [2.24, 2.45) is 0 Å². The molecule has 1 atom stereocenters. The van der Waals surface area contributed by atoms with Gasteiger partial charge in [0.2, 0.25) is 0 Å². The minimum absolute atomic E-state index is 0.632. The van der Waals surface area contributed by atoms with E-state index in [9.17, 15) is 0 Å². The SMILES string of the molecule is Cc1ccc2sc(C3CCN3)cc2c1. The minimum atomic E-state index is 0.632. The molecule has 1 saturated heterocycles. The molecule has 2 heterocycles. The number of hydrogen-bond acceptors (Lipinski definition) is 2. The number of rotatable bonds is 1. The number of hydrogen-bond donors (Lipinski definition) is 1. The molecule has 1 aromatic heterocycles. The second-order valence-corrected chi connectivity index (χ2v) is 5.10. The van der Waals surface area contributed by atoms with Crippen molar-refractivity contribution in [3.05, 3.63) is 34.7 Å². The third-order valence-corrected chi connectivity index (χ3v) is 4.09. The molecule has 0 saturated carbocycles. The van der Waals surface area contributed by atoms with Crippen molar-refractivity contribution >= 4 is 21.4 Å². The Bertz CT molecular complexity index is 468. The third kappa shape index (κ3) is 1.26. The maximum Gasteiger partial charge on any atom is 0.0427 e. The second kappa shape index (κ2) is 3.07. The standard InChI is InChI=1S/C12H13NS/c1-8-2-3-11-9(6-8)7-12(14-11)10-4-5-13-10/h2-3,6-7,10,13H,4-5H2,1H3. The van der Waals surface area contributed by atoms with Gasteiger partial charge in [-0.25, -0.2) is 0 Å². The summed E-state index contributed by atoms with van der Waals surface area (Å²) >= 11 is 1.93. The fourth-order valence-corrected chi connectivity index (χ4v) is 3.04. The molecule has 2 heteroatoms. The van der Waals surface area contributed by atoms with Crippen LogP contribution >= 0.6 is 11.3 Å². The zero-order chi connectivity index (χ0) is 9.54. The Morgan fingerprint density at radius 3 is 2.93 bits per heavy atom. The van der Waals surface area contributed by atoms with Crippen LogP contribution in [0.15, 0.2) is 24.3 Å². The molecule has 0 amide bonds. The summed E-state index contributed by atoms with van der Waals surface area (Å²) in [6.45, 7) is 3.33. The maximum atomic E-state index is 3.45. The minimum Gasteiger partial charge on any atom is -0.309 e. The van der Waals surface area contributed by atoms with Crippen LogP contribution in [0.5, 0.6) is 0 Å². The predicted octanol–water partition coefficient (Wildman–Crippen LogP) is 3.24. The van der Waals surface area contributed by atoms with E-state index in [0.29, 0.717) is 6.04 Å². The zero-order valence-corrected chi connectivity index (χ0v) is 9.03. The molecular weight excluding hydrogens is 190 g/mol. The van der Waals surface area contributed by atoms with E-state index >= 15 is 0 Å². The number of thiophene rings is 1. The number of fused-ring (bicyclic) bond motifs is 1. The normalized spacial score (nSPS) is 21.1. The summed E-state index contributed by atoms with van der Waals surface area (Å²) < 4.78 is 1.42. The molecular formula is C12H13NS. The van der Waals surface area contributed by atoms with Crippen molar-refractivity contribution < 1.29 is 0 Å². The first kappa shape index (κ1) is 8.45. The fraction of sp³-hybridized carbons (Fsp3) is 0.333. The van der Waals surface area contributed by atoms with E-state index < -0.39 is 0 Å². The molecule has 0 bridgehead atoms. The Hall–Kier alpha value is -0.860. The molecule has 0 radical (unpaired) electrons. The van der Waals surface area contributed by atoms with Gasteiger partial charge in [0.05, 0.1) is 0 Å². The first-order valence-electron chi connectivity index (χ1n) is 5.06. The molecule has 0 spiro atoms. The average Bonchev–Trinajstić information content (AvgIpc) is 2.43. The van der Waals surface area contributed by atoms with Crippen LogP contribution in [0.3, 0.4) is 0 Å². The van der Waals surface area contributed by atoms with Crippen LogP contribution in [-0.4, -0.2) is 6.54 Å². The average molecular weight is 203 g/mol. The summed E-state index contributed by atoms with van der Waals surface area (Å²) in [6, 6.07) is 9.67. The Balaban J connectivity index is 2.10. The smallest absolute Gasteiger partial charge is 0.0427 e. The molecule has 1 unspecified atom stereocenters. The first-order chi connectivity index (χ1) is 6.83. The van der Waals surface area contributed by atoms with Gasteiger partial charge in [-0.05, 0) is 37.4 Å².